The molecule has 0 spiro atoms. The van der Waals surface area contributed by atoms with Crippen molar-refractivity contribution in [1.82, 2.24) is 0 Å². The first kappa shape index (κ1) is 16.0. The molecule has 0 atom stereocenters. The van der Waals surface area contributed by atoms with Gasteiger partial charge in [-0.15, -0.1) is 0 Å². The number of amides is 1. The smallest absolute Gasteiger partial charge is 0.255 e. The Hall–Kier alpha value is -2.42. The molecule has 2 rings (SSSR count). The number of aryl methyl sites for hydroxylation is 2. The van der Waals surface area contributed by atoms with Gasteiger partial charge in [-0.3, -0.25) is 9.59 Å². The predicted octanol–water partition coefficient (Wildman–Crippen LogP) is 4.40. The summed E-state index contributed by atoms with van der Waals surface area (Å²) in [4.78, 5) is 23.2. The van der Waals surface area contributed by atoms with Gasteiger partial charge in [0.15, 0.2) is 0 Å². The number of nitrogens with one attached hydrogen (secondary N) is 1. The molecule has 0 heterocycles. The molecule has 3 nitrogen and oxygen atoms in total. The van der Waals surface area contributed by atoms with Gasteiger partial charge >= 0.3 is 0 Å². The first-order valence-corrected chi connectivity index (χ1v) is 7.60. The molecule has 0 saturated carbocycles. The lowest BCUT2D eigenvalue weighted by atomic mass is 10.1. The lowest BCUT2D eigenvalue weighted by Gasteiger charge is -2.08. The Bertz CT molecular complexity index is 660. The van der Waals surface area contributed by atoms with Gasteiger partial charge in [0, 0.05) is 16.8 Å². The number of aldehydes is 1. The van der Waals surface area contributed by atoms with E-state index in [1.54, 1.807) is 18.2 Å². The SMILES string of the molecule is CCCCc1ccc(NC(=O)c2ccc(C)c(C=O)c2)cc1. The highest BCUT2D eigenvalue weighted by atomic mass is 16.1. The summed E-state index contributed by atoms with van der Waals surface area (Å²) in [6, 6.07) is 13.0. The maximum absolute atomic E-state index is 12.2. The number of hydrogen-bond acceptors (Lipinski definition) is 2. The average Bonchev–Trinajstić information content (AvgIpc) is 2.54. The lowest BCUT2D eigenvalue weighted by Crippen LogP contribution is -2.12. The van der Waals surface area contributed by atoms with Gasteiger partial charge in [-0.1, -0.05) is 31.5 Å². The van der Waals surface area contributed by atoms with E-state index in [1.165, 1.54) is 18.4 Å². The third kappa shape index (κ3) is 4.04. The molecule has 0 aliphatic heterocycles. The molecule has 0 radical (unpaired) electrons. The Balaban J connectivity index is 2.06. The van der Waals surface area contributed by atoms with E-state index in [0.717, 1.165) is 24.0 Å². The summed E-state index contributed by atoms with van der Waals surface area (Å²) in [5.74, 6) is -0.204. The van der Waals surface area contributed by atoms with Crippen molar-refractivity contribution < 1.29 is 9.59 Å². The Labute approximate surface area is 131 Å². The van der Waals surface area contributed by atoms with Crippen LogP contribution in [0.5, 0.6) is 0 Å². The summed E-state index contributed by atoms with van der Waals surface area (Å²) in [7, 11) is 0. The van der Waals surface area contributed by atoms with Crippen molar-refractivity contribution in [3.05, 3.63) is 64.7 Å². The van der Waals surface area contributed by atoms with Crippen LogP contribution in [0.15, 0.2) is 42.5 Å². The van der Waals surface area contributed by atoms with Gasteiger partial charge in [-0.25, -0.2) is 0 Å². The Morgan fingerprint density at radius 3 is 2.50 bits per heavy atom. The zero-order valence-corrected chi connectivity index (χ0v) is 13.1. The van der Waals surface area contributed by atoms with Crippen molar-refractivity contribution in [2.75, 3.05) is 5.32 Å². The minimum absolute atomic E-state index is 0.204. The third-order valence-electron chi connectivity index (χ3n) is 3.70. The van der Waals surface area contributed by atoms with Crippen molar-refractivity contribution in [3.63, 3.8) is 0 Å². The highest BCUT2D eigenvalue weighted by Crippen LogP contribution is 2.15. The molecule has 1 amide bonds. The third-order valence-corrected chi connectivity index (χ3v) is 3.70. The van der Waals surface area contributed by atoms with E-state index >= 15 is 0 Å². The highest BCUT2D eigenvalue weighted by molar-refractivity contribution is 6.05. The van der Waals surface area contributed by atoms with Gasteiger partial charge in [-0.2, -0.15) is 0 Å². The van der Waals surface area contributed by atoms with Crippen LogP contribution in [-0.2, 0) is 6.42 Å². The molecule has 0 aliphatic rings. The first-order valence-electron chi connectivity index (χ1n) is 7.60. The van der Waals surface area contributed by atoms with E-state index in [-0.39, 0.29) is 5.91 Å². The van der Waals surface area contributed by atoms with Crippen LogP contribution in [0, 0.1) is 6.92 Å². The molecule has 0 fully saturated rings. The van der Waals surface area contributed by atoms with Crippen LogP contribution >= 0.6 is 0 Å². The summed E-state index contributed by atoms with van der Waals surface area (Å²) < 4.78 is 0. The number of carbonyl (C=O) groups is 2. The van der Waals surface area contributed by atoms with Crippen LogP contribution in [0.2, 0.25) is 0 Å². The minimum Gasteiger partial charge on any atom is -0.322 e. The molecule has 0 unspecified atom stereocenters. The van der Waals surface area contributed by atoms with Crippen molar-refractivity contribution in [2.45, 2.75) is 33.1 Å². The summed E-state index contributed by atoms with van der Waals surface area (Å²) in [6.45, 7) is 4.02. The van der Waals surface area contributed by atoms with Gasteiger partial charge in [0.2, 0.25) is 0 Å². The molecular weight excluding hydrogens is 274 g/mol. The Kier molecular flexibility index (Phi) is 5.48. The van der Waals surface area contributed by atoms with Gasteiger partial charge in [0.25, 0.3) is 5.91 Å². The molecule has 2 aromatic rings. The summed E-state index contributed by atoms with van der Waals surface area (Å²) >= 11 is 0. The quantitative estimate of drug-likeness (QED) is 0.803. The van der Waals surface area contributed by atoms with Crippen molar-refractivity contribution in [3.8, 4) is 0 Å². The fourth-order valence-electron chi connectivity index (χ4n) is 2.25. The highest BCUT2D eigenvalue weighted by Gasteiger charge is 2.08. The van der Waals surface area contributed by atoms with Gasteiger partial charge in [0.05, 0.1) is 0 Å². The Morgan fingerprint density at radius 1 is 1.14 bits per heavy atom. The monoisotopic (exact) mass is 295 g/mol. The predicted molar refractivity (Wildman–Crippen MR) is 89.6 cm³/mol. The molecular formula is C19H21NO2. The van der Waals surface area contributed by atoms with Gasteiger partial charge < -0.3 is 5.32 Å². The van der Waals surface area contributed by atoms with Gasteiger partial charge in [-0.05, 0) is 55.2 Å². The van der Waals surface area contributed by atoms with E-state index < -0.39 is 0 Å². The fourth-order valence-corrected chi connectivity index (χ4v) is 2.25. The molecule has 22 heavy (non-hydrogen) atoms. The molecule has 2 aromatic carbocycles. The first-order chi connectivity index (χ1) is 10.6. The normalized spacial score (nSPS) is 10.3. The van der Waals surface area contributed by atoms with Crippen LogP contribution in [-0.4, -0.2) is 12.2 Å². The van der Waals surface area contributed by atoms with E-state index in [0.29, 0.717) is 11.1 Å². The molecule has 1 N–H and O–H groups in total. The van der Waals surface area contributed by atoms with Crippen molar-refractivity contribution in [1.29, 1.82) is 0 Å². The van der Waals surface area contributed by atoms with Crippen LogP contribution in [0.25, 0.3) is 0 Å². The molecule has 0 bridgehead atoms. The zero-order chi connectivity index (χ0) is 15.9. The van der Waals surface area contributed by atoms with Crippen molar-refractivity contribution >= 4 is 17.9 Å². The number of carbonyl (C=O) groups excluding carboxylic acids is 2. The minimum atomic E-state index is -0.204. The van der Waals surface area contributed by atoms with Crippen LogP contribution < -0.4 is 5.32 Å². The molecule has 114 valence electrons. The lowest BCUT2D eigenvalue weighted by molar-refractivity contribution is 0.102. The number of rotatable bonds is 6. The summed E-state index contributed by atoms with van der Waals surface area (Å²) in [5, 5.41) is 2.86. The number of benzene rings is 2. The molecule has 0 saturated heterocycles. The maximum atomic E-state index is 12.2. The average molecular weight is 295 g/mol. The van der Waals surface area contributed by atoms with Gasteiger partial charge in [0.1, 0.15) is 6.29 Å². The Morgan fingerprint density at radius 2 is 1.86 bits per heavy atom. The second-order valence-electron chi connectivity index (χ2n) is 5.44. The topological polar surface area (TPSA) is 46.2 Å². The number of hydrogen-bond donors (Lipinski definition) is 1. The van der Waals surface area contributed by atoms with E-state index in [2.05, 4.69) is 12.2 Å². The van der Waals surface area contributed by atoms with E-state index in [9.17, 15) is 9.59 Å². The standard InChI is InChI=1S/C19H21NO2/c1-3-4-5-15-7-10-18(11-8-15)20-19(22)16-9-6-14(2)17(12-16)13-21/h6-13H,3-5H2,1-2H3,(H,20,22). The van der Waals surface area contributed by atoms with E-state index in [1.807, 2.05) is 31.2 Å². The van der Waals surface area contributed by atoms with E-state index in [4.69, 9.17) is 0 Å². The number of anilines is 1. The fraction of sp³-hybridized carbons (Fsp3) is 0.263. The second kappa shape index (κ2) is 7.55. The van der Waals surface area contributed by atoms with Crippen LogP contribution in [0.1, 0.15) is 51.6 Å². The molecule has 0 aliphatic carbocycles. The summed E-state index contributed by atoms with van der Waals surface area (Å²) in [5.41, 5.74) is 3.94. The van der Waals surface area contributed by atoms with Crippen LogP contribution in [0.4, 0.5) is 5.69 Å². The van der Waals surface area contributed by atoms with Crippen molar-refractivity contribution in [2.24, 2.45) is 0 Å². The number of unbranched alkanes of at least 4 members (excludes halogenated alkanes) is 1. The second-order valence-corrected chi connectivity index (χ2v) is 5.44. The summed E-state index contributed by atoms with van der Waals surface area (Å²) in [6.07, 6.45) is 4.18. The molecule has 3 heteroatoms. The maximum Gasteiger partial charge on any atom is 0.255 e. The molecule has 0 aromatic heterocycles. The zero-order valence-electron chi connectivity index (χ0n) is 13.1. The largest absolute Gasteiger partial charge is 0.322 e. The van der Waals surface area contributed by atoms with Crippen LogP contribution in [0.3, 0.4) is 0 Å².